The van der Waals surface area contributed by atoms with Crippen LogP contribution in [-0.4, -0.2) is 13.7 Å². The average molecular weight is 191 g/mol. The minimum atomic E-state index is 0.322. The van der Waals surface area contributed by atoms with E-state index in [-0.39, 0.29) is 0 Å². The lowest BCUT2D eigenvalue weighted by Gasteiger charge is -2.13. The van der Waals surface area contributed by atoms with Gasteiger partial charge in [-0.2, -0.15) is 0 Å². The van der Waals surface area contributed by atoms with Crippen LogP contribution in [0, 0.1) is 0 Å². The SMILES string of the molecule is C=CCN[C@@H](C)c1cccc(OC)c1. The molecule has 14 heavy (non-hydrogen) atoms. The Kier molecular flexibility index (Phi) is 4.20. The van der Waals surface area contributed by atoms with Gasteiger partial charge in [0.15, 0.2) is 0 Å². The summed E-state index contributed by atoms with van der Waals surface area (Å²) in [6, 6.07) is 8.40. The third-order valence-electron chi connectivity index (χ3n) is 2.16. The topological polar surface area (TPSA) is 21.3 Å². The minimum absolute atomic E-state index is 0.322. The Bertz CT molecular complexity index is 296. The van der Waals surface area contributed by atoms with Crippen molar-refractivity contribution in [1.29, 1.82) is 0 Å². The quantitative estimate of drug-likeness (QED) is 0.722. The van der Waals surface area contributed by atoms with Gasteiger partial charge in [0.25, 0.3) is 0 Å². The Morgan fingerprint density at radius 3 is 3.00 bits per heavy atom. The molecule has 1 aromatic carbocycles. The lowest BCUT2D eigenvalue weighted by Crippen LogP contribution is -2.18. The first-order valence-electron chi connectivity index (χ1n) is 4.76. The van der Waals surface area contributed by atoms with E-state index in [9.17, 15) is 0 Å². The Balaban J connectivity index is 2.68. The summed E-state index contributed by atoms with van der Waals surface area (Å²) in [5.74, 6) is 0.898. The van der Waals surface area contributed by atoms with Crippen molar-refractivity contribution in [3.8, 4) is 5.75 Å². The second-order valence-electron chi connectivity index (χ2n) is 3.20. The summed E-state index contributed by atoms with van der Waals surface area (Å²) >= 11 is 0. The first kappa shape index (κ1) is 10.8. The number of ether oxygens (including phenoxy) is 1. The molecule has 0 aliphatic rings. The predicted octanol–water partition coefficient (Wildman–Crippen LogP) is 2.53. The molecule has 0 fully saturated rings. The van der Waals surface area contributed by atoms with Gasteiger partial charge in [-0.3, -0.25) is 0 Å². The van der Waals surface area contributed by atoms with Crippen molar-refractivity contribution in [3.05, 3.63) is 42.5 Å². The highest BCUT2D eigenvalue weighted by atomic mass is 16.5. The van der Waals surface area contributed by atoms with Crippen molar-refractivity contribution in [1.82, 2.24) is 5.32 Å². The number of rotatable bonds is 5. The Morgan fingerprint density at radius 2 is 2.36 bits per heavy atom. The first-order valence-corrected chi connectivity index (χ1v) is 4.76. The van der Waals surface area contributed by atoms with E-state index in [0.717, 1.165) is 12.3 Å². The number of hydrogen-bond donors (Lipinski definition) is 1. The van der Waals surface area contributed by atoms with Gasteiger partial charge in [-0.1, -0.05) is 18.2 Å². The molecule has 2 heteroatoms. The first-order chi connectivity index (χ1) is 6.77. The van der Waals surface area contributed by atoms with E-state index in [4.69, 9.17) is 4.74 Å². The van der Waals surface area contributed by atoms with Gasteiger partial charge in [-0.05, 0) is 24.6 Å². The summed E-state index contributed by atoms with van der Waals surface area (Å²) in [7, 11) is 1.68. The summed E-state index contributed by atoms with van der Waals surface area (Å²) in [6.07, 6.45) is 1.86. The molecule has 1 atom stereocenters. The maximum atomic E-state index is 5.16. The molecule has 0 saturated heterocycles. The molecular formula is C12H17NO. The number of nitrogens with one attached hydrogen (secondary N) is 1. The molecule has 76 valence electrons. The molecule has 0 aliphatic carbocycles. The molecule has 1 rings (SSSR count). The van der Waals surface area contributed by atoms with Crippen LogP contribution in [0.4, 0.5) is 0 Å². The van der Waals surface area contributed by atoms with E-state index in [1.165, 1.54) is 5.56 Å². The molecule has 0 spiro atoms. The number of benzene rings is 1. The molecule has 0 aliphatic heterocycles. The highest BCUT2D eigenvalue weighted by molar-refractivity contribution is 5.30. The molecule has 1 N–H and O–H groups in total. The molecule has 0 bridgehead atoms. The van der Waals surface area contributed by atoms with Gasteiger partial charge in [0.1, 0.15) is 5.75 Å². The number of hydrogen-bond acceptors (Lipinski definition) is 2. The molecular weight excluding hydrogens is 174 g/mol. The molecule has 0 amide bonds. The van der Waals surface area contributed by atoms with Crippen molar-refractivity contribution in [2.24, 2.45) is 0 Å². The molecule has 0 aromatic heterocycles. The van der Waals surface area contributed by atoms with E-state index >= 15 is 0 Å². The summed E-state index contributed by atoms with van der Waals surface area (Å²) < 4.78 is 5.16. The van der Waals surface area contributed by atoms with Gasteiger partial charge >= 0.3 is 0 Å². The van der Waals surface area contributed by atoms with E-state index in [1.807, 2.05) is 24.3 Å². The highest BCUT2D eigenvalue weighted by Crippen LogP contribution is 2.18. The summed E-state index contributed by atoms with van der Waals surface area (Å²) in [5.41, 5.74) is 1.23. The van der Waals surface area contributed by atoms with Crippen molar-refractivity contribution >= 4 is 0 Å². The third-order valence-corrected chi connectivity index (χ3v) is 2.16. The average Bonchev–Trinajstić information content (AvgIpc) is 2.26. The second kappa shape index (κ2) is 5.45. The van der Waals surface area contributed by atoms with E-state index in [0.29, 0.717) is 6.04 Å². The summed E-state index contributed by atoms with van der Waals surface area (Å²) in [4.78, 5) is 0. The zero-order chi connectivity index (χ0) is 10.4. The Hall–Kier alpha value is -1.28. The molecule has 0 saturated carbocycles. The van der Waals surface area contributed by atoms with E-state index in [2.05, 4.69) is 24.9 Å². The van der Waals surface area contributed by atoms with Crippen molar-refractivity contribution in [3.63, 3.8) is 0 Å². The smallest absolute Gasteiger partial charge is 0.119 e. The highest BCUT2D eigenvalue weighted by Gasteiger charge is 2.03. The fourth-order valence-corrected chi connectivity index (χ4v) is 1.29. The van der Waals surface area contributed by atoms with Crippen LogP contribution in [0.15, 0.2) is 36.9 Å². The van der Waals surface area contributed by atoms with Crippen molar-refractivity contribution in [2.75, 3.05) is 13.7 Å². The largest absolute Gasteiger partial charge is 0.497 e. The molecule has 0 unspecified atom stereocenters. The summed E-state index contributed by atoms with van der Waals surface area (Å²) in [6.45, 7) is 6.61. The van der Waals surface area contributed by atoms with E-state index < -0.39 is 0 Å². The van der Waals surface area contributed by atoms with Crippen molar-refractivity contribution in [2.45, 2.75) is 13.0 Å². The Labute approximate surface area is 85.6 Å². The predicted molar refractivity (Wildman–Crippen MR) is 59.6 cm³/mol. The third kappa shape index (κ3) is 2.89. The number of methoxy groups -OCH3 is 1. The molecule has 1 aromatic rings. The molecule has 0 heterocycles. The Morgan fingerprint density at radius 1 is 1.57 bits per heavy atom. The van der Waals surface area contributed by atoms with Crippen LogP contribution in [0.5, 0.6) is 5.75 Å². The fourth-order valence-electron chi connectivity index (χ4n) is 1.29. The molecule has 2 nitrogen and oxygen atoms in total. The van der Waals surface area contributed by atoms with Gasteiger partial charge in [-0.25, -0.2) is 0 Å². The summed E-state index contributed by atoms with van der Waals surface area (Å²) in [5, 5.41) is 3.33. The standard InChI is InChI=1S/C12H17NO/c1-4-8-13-10(2)11-6-5-7-12(9-11)14-3/h4-7,9-10,13H,1,8H2,2-3H3/t10-/m0/s1. The maximum Gasteiger partial charge on any atom is 0.119 e. The van der Waals surface area contributed by atoms with Gasteiger partial charge < -0.3 is 10.1 Å². The van der Waals surface area contributed by atoms with E-state index in [1.54, 1.807) is 7.11 Å². The maximum absolute atomic E-state index is 5.16. The van der Waals surface area contributed by atoms with Gasteiger partial charge in [0.2, 0.25) is 0 Å². The second-order valence-corrected chi connectivity index (χ2v) is 3.20. The lowest BCUT2D eigenvalue weighted by atomic mass is 10.1. The zero-order valence-electron chi connectivity index (χ0n) is 8.79. The van der Waals surface area contributed by atoms with Crippen LogP contribution in [0.1, 0.15) is 18.5 Å². The van der Waals surface area contributed by atoms with Crippen LogP contribution in [0.3, 0.4) is 0 Å². The zero-order valence-corrected chi connectivity index (χ0v) is 8.79. The minimum Gasteiger partial charge on any atom is -0.497 e. The molecule has 0 radical (unpaired) electrons. The lowest BCUT2D eigenvalue weighted by molar-refractivity contribution is 0.413. The van der Waals surface area contributed by atoms with Crippen LogP contribution in [0.2, 0.25) is 0 Å². The fraction of sp³-hybridized carbons (Fsp3) is 0.333. The van der Waals surface area contributed by atoms with Crippen LogP contribution >= 0.6 is 0 Å². The van der Waals surface area contributed by atoms with Crippen LogP contribution in [0.25, 0.3) is 0 Å². The van der Waals surface area contributed by atoms with Crippen LogP contribution < -0.4 is 10.1 Å². The normalized spacial score (nSPS) is 12.1. The van der Waals surface area contributed by atoms with Crippen molar-refractivity contribution < 1.29 is 4.74 Å². The van der Waals surface area contributed by atoms with Crippen LogP contribution in [-0.2, 0) is 0 Å². The van der Waals surface area contributed by atoms with Gasteiger partial charge in [0.05, 0.1) is 7.11 Å². The van der Waals surface area contributed by atoms with Gasteiger partial charge in [0, 0.05) is 12.6 Å². The van der Waals surface area contributed by atoms with Gasteiger partial charge in [-0.15, -0.1) is 6.58 Å². The monoisotopic (exact) mass is 191 g/mol.